The molecule has 2 rings (SSSR count). The Morgan fingerprint density at radius 2 is 1.96 bits per heavy atom. The van der Waals surface area contributed by atoms with Crippen molar-refractivity contribution in [3.8, 4) is 5.75 Å². The normalized spacial score (nSPS) is 17.2. The molecule has 1 heterocycles. The molecule has 0 unspecified atom stereocenters. The molecule has 0 aliphatic carbocycles. The van der Waals surface area contributed by atoms with Gasteiger partial charge in [-0.15, -0.1) is 0 Å². The lowest BCUT2D eigenvalue weighted by Gasteiger charge is -2.13. The van der Waals surface area contributed by atoms with Gasteiger partial charge in [0.1, 0.15) is 11.8 Å². The fourth-order valence-electron chi connectivity index (χ4n) is 2.53. The molecule has 1 aliphatic heterocycles. The van der Waals surface area contributed by atoms with Crippen LogP contribution in [0.2, 0.25) is 0 Å². The third-order valence-electron chi connectivity index (χ3n) is 3.73. The van der Waals surface area contributed by atoms with Crippen LogP contribution in [-0.2, 0) is 16.0 Å². The molecule has 1 saturated heterocycles. The van der Waals surface area contributed by atoms with Gasteiger partial charge < -0.3 is 15.4 Å². The average Bonchev–Trinajstić information content (AvgIpc) is 2.79. The van der Waals surface area contributed by atoms with E-state index in [0.29, 0.717) is 6.42 Å². The van der Waals surface area contributed by atoms with Gasteiger partial charge in [0.05, 0.1) is 13.5 Å². The maximum absolute atomic E-state index is 12.3. The first-order valence-corrected chi connectivity index (χ1v) is 7.95. The highest BCUT2D eigenvalue weighted by Crippen LogP contribution is 2.14. The Morgan fingerprint density at radius 1 is 1.29 bits per heavy atom. The molecule has 2 N–H and O–H groups in total. The number of nitrogens with zero attached hydrogens (tertiary/aromatic N) is 1. The number of ether oxygens (including phenoxy) is 1. The first-order valence-electron chi connectivity index (χ1n) is 7.95. The molecule has 1 aliphatic rings. The minimum absolute atomic E-state index is 0.00381. The monoisotopic (exact) mass is 333 g/mol. The Kier molecular flexibility index (Phi) is 5.78. The molecule has 0 aromatic heterocycles. The molecule has 4 amide bonds. The highest BCUT2D eigenvalue weighted by molar-refractivity contribution is 6.05. The van der Waals surface area contributed by atoms with Gasteiger partial charge in [-0.05, 0) is 38.0 Å². The molecule has 0 saturated carbocycles. The van der Waals surface area contributed by atoms with E-state index in [-0.39, 0.29) is 30.8 Å². The van der Waals surface area contributed by atoms with Crippen LogP contribution in [0.15, 0.2) is 24.3 Å². The van der Waals surface area contributed by atoms with E-state index in [9.17, 15) is 14.4 Å². The van der Waals surface area contributed by atoms with Crippen LogP contribution >= 0.6 is 0 Å². The summed E-state index contributed by atoms with van der Waals surface area (Å²) >= 11 is 0. The maximum Gasteiger partial charge on any atom is 0.324 e. The van der Waals surface area contributed by atoms with Crippen molar-refractivity contribution in [1.82, 2.24) is 15.5 Å². The molecule has 0 radical (unpaired) electrons. The molecular weight excluding hydrogens is 310 g/mol. The fraction of sp³-hybridized carbons (Fsp3) is 0.471. The molecule has 1 atom stereocenters. The van der Waals surface area contributed by atoms with E-state index in [1.807, 2.05) is 38.1 Å². The fourth-order valence-corrected chi connectivity index (χ4v) is 2.53. The number of imide groups is 1. The first kappa shape index (κ1) is 17.8. The second kappa shape index (κ2) is 7.81. The van der Waals surface area contributed by atoms with Crippen molar-refractivity contribution in [3.05, 3.63) is 29.8 Å². The minimum Gasteiger partial charge on any atom is -0.497 e. The van der Waals surface area contributed by atoms with Crippen LogP contribution < -0.4 is 15.4 Å². The molecular formula is C17H23N3O4. The van der Waals surface area contributed by atoms with Crippen molar-refractivity contribution in [2.24, 2.45) is 0 Å². The predicted molar refractivity (Wildman–Crippen MR) is 88.6 cm³/mol. The highest BCUT2D eigenvalue weighted by atomic mass is 16.5. The minimum atomic E-state index is -0.785. The number of rotatable bonds is 7. The van der Waals surface area contributed by atoms with Gasteiger partial charge in [-0.25, -0.2) is 4.79 Å². The molecule has 1 fully saturated rings. The summed E-state index contributed by atoms with van der Waals surface area (Å²) in [5.41, 5.74) is 0.998. The van der Waals surface area contributed by atoms with Crippen LogP contribution in [0.5, 0.6) is 5.75 Å². The van der Waals surface area contributed by atoms with E-state index in [2.05, 4.69) is 10.6 Å². The Balaban J connectivity index is 1.90. The summed E-state index contributed by atoms with van der Waals surface area (Å²) in [4.78, 5) is 37.2. The van der Waals surface area contributed by atoms with Crippen LogP contribution in [0.25, 0.3) is 0 Å². The van der Waals surface area contributed by atoms with Crippen LogP contribution in [0.4, 0.5) is 4.79 Å². The van der Waals surface area contributed by atoms with Crippen molar-refractivity contribution < 1.29 is 19.1 Å². The van der Waals surface area contributed by atoms with Gasteiger partial charge in [-0.3, -0.25) is 14.5 Å². The van der Waals surface area contributed by atoms with Crippen molar-refractivity contribution in [2.75, 3.05) is 13.7 Å². The summed E-state index contributed by atoms with van der Waals surface area (Å²) in [5, 5.41) is 5.28. The summed E-state index contributed by atoms with van der Waals surface area (Å²) in [7, 11) is 1.60. The zero-order valence-electron chi connectivity index (χ0n) is 14.2. The lowest BCUT2D eigenvalue weighted by molar-refractivity contribution is -0.131. The quantitative estimate of drug-likeness (QED) is 0.731. The molecule has 1 aromatic rings. The molecule has 130 valence electrons. The van der Waals surface area contributed by atoms with Crippen molar-refractivity contribution in [2.45, 2.75) is 38.8 Å². The van der Waals surface area contributed by atoms with E-state index in [1.54, 1.807) is 7.11 Å². The highest BCUT2D eigenvalue weighted by Gasteiger charge is 2.38. The molecule has 1 aromatic carbocycles. The standard InChI is InChI=1S/C17H23N3O4/c1-11(2)18-15(21)10-14-16(22)20(17(23)19-14)9-8-12-4-6-13(24-3)7-5-12/h4-7,11,14H,8-10H2,1-3H3,(H,18,21)(H,19,23)/t14-/m0/s1. The maximum atomic E-state index is 12.3. The van der Waals surface area contributed by atoms with Gasteiger partial charge >= 0.3 is 6.03 Å². The zero-order chi connectivity index (χ0) is 17.7. The second-order valence-electron chi connectivity index (χ2n) is 6.02. The van der Waals surface area contributed by atoms with E-state index in [4.69, 9.17) is 4.74 Å². The smallest absolute Gasteiger partial charge is 0.324 e. The van der Waals surface area contributed by atoms with E-state index in [0.717, 1.165) is 16.2 Å². The van der Waals surface area contributed by atoms with Gasteiger partial charge in [0.15, 0.2) is 0 Å². The van der Waals surface area contributed by atoms with Gasteiger partial charge in [-0.2, -0.15) is 0 Å². The lowest BCUT2D eigenvalue weighted by Crippen LogP contribution is -2.38. The summed E-state index contributed by atoms with van der Waals surface area (Å²) < 4.78 is 5.09. The zero-order valence-corrected chi connectivity index (χ0v) is 14.2. The average molecular weight is 333 g/mol. The number of carbonyl (C=O) groups is 3. The summed E-state index contributed by atoms with van der Waals surface area (Å²) in [6, 6.07) is 6.22. The number of hydrogen-bond donors (Lipinski definition) is 2. The molecule has 7 heteroatoms. The Morgan fingerprint density at radius 3 is 2.54 bits per heavy atom. The summed E-state index contributed by atoms with van der Waals surface area (Å²) in [6.07, 6.45) is 0.510. The van der Waals surface area contributed by atoms with Gasteiger partial charge in [-0.1, -0.05) is 12.1 Å². The summed E-state index contributed by atoms with van der Waals surface area (Å²) in [5.74, 6) is 0.151. The number of carbonyl (C=O) groups excluding carboxylic acids is 3. The number of urea groups is 1. The number of nitrogens with one attached hydrogen (secondary N) is 2. The summed E-state index contributed by atoms with van der Waals surface area (Å²) in [6.45, 7) is 3.96. The van der Waals surface area contributed by atoms with Crippen molar-refractivity contribution >= 4 is 17.8 Å². The van der Waals surface area contributed by atoms with Crippen LogP contribution in [0, 0.1) is 0 Å². The molecule has 0 bridgehead atoms. The first-order chi connectivity index (χ1) is 11.4. The van der Waals surface area contributed by atoms with Crippen LogP contribution in [-0.4, -0.2) is 48.5 Å². The van der Waals surface area contributed by atoms with Gasteiger partial charge in [0.25, 0.3) is 5.91 Å². The molecule has 24 heavy (non-hydrogen) atoms. The van der Waals surface area contributed by atoms with E-state index < -0.39 is 12.1 Å². The van der Waals surface area contributed by atoms with E-state index >= 15 is 0 Å². The van der Waals surface area contributed by atoms with Crippen LogP contribution in [0.1, 0.15) is 25.8 Å². The van der Waals surface area contributed by atoms with E-state index in [1.165, 1.54) is 0 Å². The number of benzene rings is 1. The lowest BCUT2D eigenvalue weighted by atomic mass is 10.1. The third kappa shape index (κ3) is 4.47. The van der Waals surface area contributed by atoms with Crippen molar-refractivity contribution in [1.29, 1.82) is 0 Å². The topological polar surface area (TPSA) is 87.7 Å². The van der Waals surface area contributed by atoms with Crippen molar-refractivity contribution in [3.63, 3.8) is 0 Å². The predicted octanol–water partition coefficient (Wildman–Crippen LogP) is 1.07. The Labute approximate surface area is 141 Å². The second-order valence-corrected chi connectivity index (χ2v) is 6.02. The van der Waals surface area contributed by atoms with Gasteiger partial charge in [0, 0.05) is 12.6 Å². The third-order valence-corrected chi connectivity index (χ3v) is 3.73. The molecule has 7 nitrogen and oxygen atoms in total. The van der Waals surface area contributed by atoms with Gasteiger partial charge in [0.2, 0.25) is 5.91 Å². The number of amides is 4. The number of hydrogen-bond acceptors (Lipinski definition) is 4. The molecule has 0 spiro atoms. The SMILES string of the molecule is COc1ccc(CCN2C(=O)N[C@@H](CC(=O)NC(C)C)C2=O)cc1. The largest absolute Gasteiger partial charge is 0.497 e. The van der Waals surface area contributed by atoms with Crippen LogP contribution in [0.3, 0.4) is 0 Å². The Bertz CT molecular complexity index is 613. The Hall–Kier alpha value is -2.57. The number of methoxy groups -OCH3 is 1.